The first-order valence-electron chi connectivity index (χ1n) is 8.19. The first kappa shape index (κ1) is 18.1. The maximum atomic E-state index is 13.2. The van der Waals surface area contributed by atoms with Gasteiger partial charge in [0.2, 0.25) is 0 Å². The van der Waals surface area contributed by atoms with E-state index in [-0.39, 0.29) is 11.7 Å². The Morgan fingerprint density at radius 2 is 1.81 bits per heavy atom. The van der Waals surface area contributed by atoms with Gasteiger partial charge in [-0.05, 0) is 49.7 Å². The summed E-state index contributed by atoms with van der Waals surface area (Å²) in [7, 11) is 1.74. The number of carbonyl (C=O) groups is 1. The average Bonchev–Trinajstić information content (AvgIpc) is 2.91. The zero-order chi connectivity index (χ0) is 18.8. The lowest BCUT2D eigenvalue weighted by molar-refractivity contribution is 0.0783. The van der Waals surface area contributed by atoms with E-state index in [1.165, 1.54) is 12.1 Å². The first-order valence-corrected chi connectivity index (χ1v) is 8.57. The zero-order valence-corrected chi connectivity index (χ0v) is 15.6. The van der Waals surface area contributed by atoms with E-state index in [1.54, 1.807) is 41.8 Å². The molecule has 0 fully saturated rings. The summed E-state index contributed by atoms with van der Waals surface area (Å²) in [5, 5.41) is 5.09. The van der Waals surface area contributed by atoms with Gasteiger partial charge in [-0.15, -0.1) is 0 Å². The molecule has 134 valence electrons. The SMILES string of the molecule is Cc1nn(-c2ccc(F)cc2)c(C)c1C(=O)N(C)Cc1ccccc1Cl. The van der Waals surface area contributed by atoms with Crippen LogP contribution in [-0.2, 0) is 6.54 Å². The number of nitrogens with zero attached hydrogens (tertiary/aromatic N) is 3. The van der Waals surface area contributed by atoms with E-state index in [9.17, 15) is 9.18 Å². The summed E-state index contributed by atoms with van der Waals surface area (Å²) in [5.41, 5.74) is 3.47. The number of rotatable bonds is 4. The summed E-state index contributed by atoms with van der Waals surface area (Å²) in [5.74, 6) is -0.445. The van der Waals surface area contributed by atoms with Gasteiger partial charge in [-0.2, -0.15) is 5.10 Å². The molecule has 3 rings (SSSR count). The van der Waals surface area contributed by atoms with E-state index in [2.05, 4.69) is 5.10 Å². The molecule has 4 nitrogen and oxygen atoms in total. The average molecular weight is 372 g/mol. The molecule has 2 aromatic carbocycles. The molecule has 0 aliphatic carbocycles. The van der Waals surface area contributed by atoms with Gasteiger partial charge < -0.3 is 4.90 Å². The fraction of sp³-hybridized carbons (Fsp3) is 0.200. The topological polar surface area (TPSA) is 38.1 Å². The van der Waals surface area contributed by atoms with Gasteiger partial charge in [0.1, 0.15) is 5.82 Å². The van der Waals surface area contributed by atoms with Crippen LogP contribution in [0.5, 0.6) is 0 Å². The highest BCUT2D eigenvalue weighted by Gasteiger charge is 2.22. The van der Waals surface area contributed by atoms with Crippen LogP contribution in [0.1, 0.15) is 27.3 Å². The fourth-order valence-electron chi connectivity index (χ4n) is 2.93. The summed E-state index contributed by atoms with van der Waals surface area (Å²) in [6.45, 7) is 4.03. The molecule has 0 saturated carbocycles. The highest BCUT2D eigenvalue weighted by atomic mass is 35.5. The number of aryl methyl sites for hydroxylation is 1. The molecule has 0 bridgehead atoms. The molecule has 1 heterocycles. The van der Waals surface area contributed by atoms with Crippen LogP contribution in [0, 0.1) is 19.7 Å². The Balaban J connectivity index is 1.90. The Morgan fingerprint density at radius 1 is 1.15 bits per heavy atom. The Hall–Kier alpha value is -2.66. The lowest BCUT2D eigenvalue weighted by Gasteiger charge is -2.18. The van der Waals surface area contributed by atoms with Gasteiger partial charge >= 0.3 is 0 Å². The van der Waals surface area contributed by atoms with Gasteiger partial charge in [-0.25, -0.2) is 9.07 Å². The van der Waals surface area contributed by atoms with E-state index >= 15 is 0 Å². The molecule has 1 amide bonds. The minimum absolute atomic E-state index is 0.131. The van der Waals surface area contributed by atoms with Crippen molar-refractivity contribution in [2.75, 3.05) is 7.05 Å². The van der Waals surface area contributed by atoms with Gasteiger partial charge in [-0.1, -0.05) is 29.8 Å². The Labute approximate surface area is 156 Å². The summed E-state index contributed by atoms with van der Waals surface area (Å²) in [4.78, 5) is 14.6. The monoisotopic (exact) mass is 371 g/mol. The molecule has 3 aromatic rings. The van der Waals surface area contributed by atoms with Crippen LogP contribution in [0.2, 0.25) is 5.02 Å². The second-order valence-corrected chi connectivity index (χ2v) is 6.59. The van der Waals surface area contributed by atoms with Crippen molar-refractivity contribution in [3.05, 3.63) is 81.9 Å². The molecular formula is C20H19ClFN3O. The van der Waals surface area contributed by atoms with Crippen LogP contribution in [0.15, 0.2) is 48.5 Å². The lowest BCUT2D eigenvalue weighted by Crippen LogP contribution is -2.27. The standard InChI is InChI=1S/C20H19ClFN3O/c1-13-19(14(2)25(23-13)17-10-8-16(22)9-11-17)20(26)24(3)12-15-6-4-5-7-18(15)21/h4-11H,12H2,1-3H3. The second kappa shape index (κ2) is 7.30. The van der Waals surface area contributed by atoms with E-state index in [0.29, 0.717) is 34.2 Å². The smallest absolute Gasteiger partial charge is 0.257 e. The van der Waals surface area contributed by atoms with Gasteiger partial charge in [0.05, 0.1) is 22.6 Å². The Morgan fingerprint density at radius 3 is 2.46 bits per heavy atom. The molecule has 0 radical (unpaired) electrons. The van der Waals surface area contributed by atoms with Crippen molar-refractivity contribution in [2.24, 2.45) is 0 Å². The summed E-state index contributed by atoms with van der Waals surface area (Å²) in [6, 6.07) is 13.5. The molecule has 0 spiro atoms. The third kappa shape index (κ3) is 3.48. The normalized spacial score (nSPS) is 10.8. The van der Waals surface area contributed by atoms with Crippen LogP contribution in [0.25, 0.3) is 5.69 Å². The number of carbonyl (C=O) groups excluding carboxylic acids is 1. The molecular weight excluding hydrogens is 353 g/mol. The predicted octanol–water partition coefficient (Wildman–Crippen LogP) is 4.55. The van der Waals surface area contributed by atoms with Crippen molar-refractivity contribution in [1.82, 2.24) is 14.7 Å². The van der Waals surface area contributed by atoms with Crippen molar-refractivity contribution in [3.63, 3.8) is 0 Å². The third-order valence-electron chi connectivity index (χ3n) is 4.29. The van der Waals surface area contributed by atoms with E-state index in [4.69, 9.17) is 11.6 Å². The van der Waals surface area contributed by atoms with E-state index in [0.717, 1.165) is 5.56 Å². The van der Waals surface area contributed by atoms with Crippen LogP contribution < -0.4 is 0 Å². The number of hydrogen-bond donors (Lipinski definition) is 0. The largest absolute Gasteiger partial charge is 0.337 e. The van der Waals surface area contributed by atoms with Gasteiger partial charge in [0, 0.05) is 18.6 Å². The molecule has 0 aliphatic rings. The van der Waals surface area contributed by atoms with Gasteiger partial charge in [0.25, 0.3) is 5.91 Å². The number of hydrogen-bond acceptors (Lipinski definition) is 2. The second-order valence-electron chi connectivity index (χ2n) is 6.19. The van der Waals surface area contributed by atoms with Crippen molar-refractivity contribution in [3.8, 4) is 5.69 Å². The van der Waals surface area contributed by atoms with Crippen molar-refractivity contribution in [2.45, 2.75) is 20.4 Å². The summed E-state index contributed by atoms with van der Waals surface area (Å²) >= 11 is 6.19. The minimum Gasteiger partial charge on any atom is -0.337 e. The number of aromatic nitrogens is 2. The van der Waals surface area contributed by atoms with Crippen molar-refractivity contribution < 1.29 is 9.18 Å². The molecule has 0 saturated heterocycles. The maximum absolute atomic E-state index is 13.2. The first-order chi connectivity index (χ1) is 12.4. The Kier molecular flexibility index (Phi) is 5.09. The van der Waals surface area contributed by atoms with Gasteiger partial charge in [0.15, 0.2) is 0 Å². The molecule has 0 atom stereocenters. The van der Waals surface area contributed by atoms with Gasteiger partial charge in [-0.3, -0.25) is 4.79 Å². The van der Waals surface area contributed by atoms with Crippen molar-refractivity contribution >= 4 is 17.5 Å². The molecule has 6 heteroatoms. The van der Waals surface area contributed by atoms with Crippen LogP contribution in [-0.4, -0.2) is 27.6 Å². The van der Waals surface area contributed by atoms with Crippen LogP contribution >= 0.6 is 11.6 Å². The van der Waals surface area contributed by atoms with Crippen LogP contribution in [0.3, 0.4) is 0 Å². The third-order valence-corrected chi connectivity index (χ3v) is 4.66. The number of halogens is 2. The quantitative estimate of drug-likeness (QED) is 0.674. The summed E-state index contributed by atoms with van der Waals surface area (Å²) in [6.07, 6.45) is 0. The van der Waals surface area contributed by atoms with Crippen LogP contribution in [0.4, 0.5) is 4.39 Å². The molecule has 26 heavy (non-hydrogen) atoms. The van der Waals surface area contributed by atoms with E-state index < -0.39 is 0 Å². The van der Waals surface area contributed by atoms with Crippen molar-refractivity contribution in [1.29, 1.82) is 0 Å². The van der Waals surface area contributed by atoms with E-state index in [1.807, 2.05) is 25.1 Å². The molecule has 0 unspecified atom stereocenters. The number of benzene rings is 2. The number of amides is 1. The minimum atomic E-state index is -0.314. The molecule has 0 N–H and O–H groups in total. The Bertz CT molecular complexity index is 950. The highest BCUT2D eigenvalue weighted by Crippen LogP contribution is 2.22. The molecule has 1 aromatic heterocycles. The zero-order valence-electron chi connectivity index (χ0n) is 14.8. The summed E-state index contributed by atoms with van der Waals surface area (Å²) < 4.78 is 14.8. The lowest BCUT2D eigenvalue weighted by atomic mass is 10.1. The highest BCUT2D eigenvalue weighted by molar-refractivity contribution is 6.31. The predicted molar refractivity (Wildman–Crippen MR) is 100 cm³/mol. The fourth-order valence-corrected chi connectivity index (χ4v) is 3.13. The maximum Gasteiger partial charge on any atom is 0.257 e. The molecule has 0 aliphatic heterocycles.